The van der Waals surface area contributed by atoms with E-state index in [9.17, 15) is 24.0 Å². The Kier molecular flexibility index (Phi) is 7.04. The Labute approximate surface area is 177 Å². The Hall–Kier alpha value is -2.11. The Morgan fingerprint density at radius 2 is 1.90 bits per heavy atom. The van der Waals surface area contributed by atoms with Gasteiger partial charge in [-0.25, -0.2) is 4.98 Å². The second-order valence-corrected chi connectivity index (χ2v) is 10.8. The number of carbonyl (C=O) groups is 1. The maximum Gasteiger partial charge on any atom is 0.310 e. The van der Waals surface area contributed by atoms with Gasteiger partial charge in [0.15, 0.2) is 0 Å². The number of anilines is 2. The molecule has 1 aliphatic carbocycles. The predicted molar refractivity (Wildman–Crippen MR) is 118 cm³/mol. The molecule has 168 valence electrons. The van der Waals surface area contributed by atoms with Crippen molar-refractivity contribution in [1.29, 1.82) is 0 Å². The van der Waals surface area contributed by atoms with Gasteiger partial charge < -0.3 is 15.5 Å². The third-order valence-electron chi connectivity index (χ3n) is 5.65. The summed E-state index contributed by atoms with van der Waals surface area (Å²) in [5.41, 5.74) is 0.331. The highest BCUT2D eigenvalue weighted by Crippen LogP contribution is 2.41. The molecule has 4 N–H and O–H groups in total. The van der Waals surface area contributed by atoms with Crippen LogP contribution in [-0.2, 0) is 4.79 Å². The van der Waals surface area contributed by atoms with E-state index in [-0.39, 0.29) is 41.1 Å². The molecule has 0 bridgehead atoms. The highest BCUT2D eigenvalue weighted by Gasteiger charge is 2.29. The number of amides is 1. The van der Waals surface area contributed by atoms with Crippen molar-refractivity contribution in [3.63, 3.8) is 0 Å². The van der Waals surface area contributed by atoms with Crippen LogP contribution in [0.25, 0.3) is 0 Å². The zero-order chi connectivity index (χ0) is 21.9. The second kappa shape index (κ2) is 9.36. The van der Waals surface area contributed by atoms with Crippen LogP contribution >= 0.6 is 10.6 Å². The summed E-state index contributed by atoms with van der Waals surface area (Å²) < 4.78 is 19.6. The standard InChI is InChI=1S/C19H31N5O5S/c1-13(2)21-19(25)14-3-5-15(6-4-14)22-16-11-18(20-12-17(16)24(26)27)23-7-9-30(28,29)10-8-23/h11-15,28-29H,3-10H2,1-2H3,(H,20,22)(H,21,25). The summed E-state index contributed by atoms with van der Waals surface area (Å²) in [4.78, 5) is 29.4. The lowest BCUT2D eigenvalue weighted by Gasteiger charge is -2.41. The number of rotatable bonds is 6. The molecule has 0 spiro atoms. The fourth-order valence-corrected chi connectivity index (χ4v) is 5.18. The first-order valence-electron chi connectivity index (χ1n) is 10.3. The van der Waals surface area contributed by atoms with E-state index in [0.717, 1.165) is 25.7 Å². The van der Waals surface area contributed by atoms with Gasteiger partial charge in [0, 0.05) is 37.2 Å². The minimum Gasteiger partial charge on any atom is -0.377 e. The third kappa shape index (κ3) is 5.73. The quantitative estimate of drug-likeness (QED) is 0.390. The number of carbonyl (C=O) groups excluding carboxylic acids is 1. The Morgan fingerprint density at radius 3 is 2.47 bits per heavy atom. The first-order valence-corrected chi connectivity index (χ1v) is 12.2. The van der Waals surface area contributed by atoms with Crippen LogP contribution in [0.5, 0.6) is 0 Å². The number of pyridine rings is 1. The number of aromatic nitrogens is 1. The lowest BCUT2D eigenvalue weighted by molar-refractivity contribution is -0.384. The molecule has 1 amide bonds. The molecule has 0 radical (unpaired) electrons. The molecular formula is C19H31N5O5S. The van der Waals surface area contributed by atoms with E-state index in [1.54, 1.807) is 6.07 Å². The van der Waals surface area contributed by atoms with Crippen molar-refractivity contribution >= 4 is 33.7 Å². The van der Waals surface area contributed by atoms with Gasteiger partial charge in [0.25, 0.3) is 0 Å². The van der Waals surface area contributed by atoms with E-state index in [1.165, 1.54) is 6.20 Å². The Bertz CT molecular complexity index is 773. The Morgan fingerprint density at radius 1 is 1.27 bits per heavy atom. The molecule has 1 saturated carbocycles. The minimum absolute atomic E-state index is 0.0125. The zero-order valence-corrected chi connectivity index (χ0v) is 18.2. The van der Waals surface area contributed by atoms with Gasteiger partial charge in [-0.2, -0.15) is 10.6 Å². The summed E-state index contributed by atoms with van der Waals surface area (Å²) in [7, 11) is -2.52. The van der Waals surface area contributed by atoms with Crippen molar-refractivity contribution in [3.05, 3.63) is 22.4 Å². The molecule has 11 heteroatoms. The topological polar surface area (TPSA) is 141 Å². The molecule has 1 aromatic heterocycles. The Balaban J connectivity index is 1.66. The first-order chi connectivity index (χ1) is 14.1. The van der Waals surface area contributed by atoms with Crippen LogP contribution in [0.4, 0.5) is 17.2 Å². The fraction of sp³-hybridized carbons (Fsp3) is 0.684. The summed E-state index contributed by atoms with van der Waals surface area (Å²) in [6.07, 6.45) is 4.26. The highest BCUT2D eigenvalue weighted by molar-refractivity contribution is 8.24. The van der Waals surface area contributed by atoms with Gasteiger partial charge in [0.2, 0.25) is 5.91 Å². The molecule has 1 aliphatic heterocycles. The minimum atomic E-state index is -2.52. The molecule has 1 aromatic rings. The molecule has 1 saturated heterocycles. The average Bonchev–Trinajstić information content (AvgIpc) is 2.67. The van der Waals surface area contributed by atoms with E-state index >= 15 is 0 Å². The first kappa shape index (κ1) is 22.6. The highest BCUT2D eigenvalue weighted by atomic mass is 32.3. The zero-order valence-electron chi connectivity index (χ0n) is 17.4. The maximum absolute atomic E-state index is 12.2. The van der Waals surface area contributed by atoms with Crippen LogP contribution in [0.1, 0.15) is 39.5 Å². The van der Waals surface area contributed by atoms with Crippen molar-refractivity contribution in [2.45, 2.75) is 51.6 Å². The van der Waals surface area contributed by atoms with Gasteiger partial charge in [-0.05, 0) is 39.5 Å². The monoisotopic (exact) mass is 441 g/mol. The third-order valence-corrected chi connectivity index (χ3v) is 7.33. The van der Waals surface area contributed by atoms with Crippen molar-refractivity contribution in [2.24, 2.45) is 5.92 Å². The summed E-state index contributed by atoms with van der Waals surface area (Å²) in [5.74, 6) is 1.20. The molecule has 30 heavy (non-hydrogen) atoms. The molecule has 2 aliphatic rings. The number of nitro groups is 1. The summed E-state index contributed by atoms with van der Waals surface area (Å²) >= 11 is 0. The molecule has 0 aromatic carbocycles. The van der Waals surface area contributed by atoms with Crippen LogP contribution in [-0.4, -0.2) is 61.6 Å². The summed E-state index contributed by atoms with van der Waals surface area (Å²) in [5, 5.41) is 17.7. The van der Waals surface area contributed by atoms with Gasteiger partial charge in [0.1, 0.15) is 17.7 Å². The number of nitrogens with zero attached hydrogens (tertiary/aromatic N) is 3. The van der Waals surface area contributed by atoms with E-state index in [4.69, 9.17) is 0 Å². The van der Waals surface area contributed by atoms with E-state index in [1.807, 2.05) is 18.7 Å². The number of nitrogens with one attached hydrogen (secondary N) is 2. The normalized spacial score (nSPS) is 24.9. The van der Waals surface area contributed by atoms with Crippen LogP contribution in [0, 0.1) is 16.0 Å². The van der Waals surface area contributed by atoms with Gasteiger partial charge in [0.05, 0.1) is 16.4 Å². The lowest BCUT2D eigenvalue weighted by Crippen LogP contribution is -2.39. The van der Waals surface area contributed by atoms with Crippen LogP contribution < -0.4 is 15.5 Å². The van der Waals surface area contributed by atoms with Gasteiger partial charge in [-0.15, -0.1) is 0 Å². The molecule has 3 rings (SSSR count). The smallest absolute Gasteiger partial charge is 0.310 e. The predicted octanol–water partition coefficient (Wildman–Crippen LogP) is 3.06. The maximum atomic E-state index is 12.2. The van der Waals surface area contributed by atoms with Gasteiger partial charge >= 0.3 is 5.69 Å². The molecular weight excluding hydrogens is 410 g/mol. The van der Waals surface area contributed by atoms with Crippen molar-refractivity contribution in [2.75, 3.05) is 34.8 Å². The van der Waals surface area contributed by atoms with E-state index < -0.39 is 15.5 Å². The number of hydrogen-bond acceptors (Lipinski definition) is 8. The summed E-state index contributed by atoms with van der Waals surface area (Å²) in [6.45, 7) is 4.78. The largest absolute Gasteiger partial charge is 0.377 e. The van der Waals surface area contributed by atoms with Crippen molar-refractivity contribution < 1.29 is 18.8 Å². The van der Waals surface area contributed by atoms with E-state index in [2.05, 4.69) is 15.6 Å². The van der Waals surface area contributed by atoms with Gasteiger partial charge in [-0.3, -0.25) is 24.0 Å². The SMILES string of the molecule is CC(C)NC(=O)C1CCC(Nc2cc(N3CCS(O)(O)CC3)ncc2[N+](=O)[O-])CC1. The molecule has 0 unspecified atom stereocenters. The average molecular weight is 442 g/mol. The van der Waals surface area contributed by atoms with Crippen LogP contribution in [0.2, 0.25) is 0 Å². The molecule has 2 fully saturated rings. The van der Waals surface area contributed by atoms with Crippen LogP contribution in [0.3, 0.4) is 0 Å². The molecule has 10 nitrogen and oxygen atoms in total. The lowest BCUT2D eigenvalue weighted by atomic mass is 9.85. The summed E-state index contributed by atoms with van der Waals surface area (Å²) in [6, 6.07) is 1.84. The fourth-order valence-electron chi connectivity index (χ4n) is 3.95. The van der Waals surface area contributed by atoms with Crippen molar-refractivity contribution in [3.8, 4) is 0 Å². The molecule has 2 heterocycles. The second-order valence-electron chi connectivity index (χ2n) is 8.37. The van der Waals surface area contributed by atoms with Crippen LogP contribution in [0.15, 0.2) is 12.3 Å². The van der Waals surface area contributed by atoms with Crippen molar-refractivity contribution in [1.82, 2.24) is 10.3 Å². The molecule has 0 atom stereocenters. The van der Waals surface area contributed by atoms with E-state index in [0.29, 0.717) is 24.6 Å². The number of hydrogen-bond donors (Lipinski definition) is 4. The van der Waals surface area contributed by atoms with Gasteiger partial charge in [-0.1, -0.05) is 0 Å².